The van der Waals surface area contributed by atoms with Gasteiger partial charge >= 0.3 is 6.03 Å². The van der Waals surface area contributed by atoms with Crippen LogP contribution in [0.5, 0.6) is 5.75 Å². The van der Waals surface area contributed by atoms with Gasteiger partial charge < -0.3 is 91.4 Å². The molecule has 1 aromatic heterocycles. The second-order valence-electron chi connectivity index (χ2n) is 23.7. The molecule has 0 fully saturated rings. The molecule has 9 atom stereocenters. The lowest BCUT2D eigenvalue weighted by Crippen LogP contribution is -2.61. The quantitative estimate of drug-likeness (QED) is 0.0134. The first-order valence-corrected chi connectivity index (χ1v) is 32.1. The minimum atomic E-state index is -1.84. The van der Waals surface area contributed by atoms with Crippen molar-refractivity contribution in [2.45, 2.75) is 147 Å². The van der Waals surface area contributed by atoms with Crippen LogP contribution in [-0.4, -0.2) is 171 Å². The van der Waals surface area contributed by atoms with Crippen LogP contribution in [0, 0.1) is 5.92 Å². The van der Waals surface area contributed by atoms with Crippen LogP contribution in [0.3, 0.4) is 0 Å². The number of carboxylic acid groups (broad SMARTS) is 1. The molecule has 534 valence electrons. The van der Waals surface area contributed by atoms with Crippen molar-refractivity contribution in [1.29, 1.82) is 0 Å². The molecular weight excluding hydrogens is 1300 g/mol. The lowest BCUT2D eigenvalue weighted by atomic mass is 9.99. The standard InChI is InChI=1S/C65H85ClN16O13.C2H4O2/c1-36(2)28-49(58(89)76-47(13-8-26-72-64(68)69)56(87)74-37(3)55(67)86)78-57(88)48(14-9-27-73-65(70)95)77-60(91)51(31-40-18-23-46(85)24-19-40)81-63(94)54(35-83)82-62(93)53(33-42-10-7-25-71-34-42)80-61(92)52(30-39-16-21-45(66)22-17-39)79-59(90)50(75-38(4)84)32-41-15-20-43-11-5-6-12-44(43)29-41;1-2(3)4/h5-7,10-12,15-25,29,34,36-37,47-54,83,85H,8-9,13-14,26-28,30-33,35H2,1-4H3,(H2,67,86)(H,74,87)(H,75,84)(H,76,89)(H,77,91)(H,78,88)(H,79,90)(H,80,92)(H,81,94)(H,82,93)(H4,68,69,72)(H3,70,73,95);1H3,(H,3,4)/t37-,47+,48-,49+,50-,51+,52-,53-,54+;/m1./s1. The van der Waals surface area contributed by atoms with Crippen molar-refractivity contribution in [1.82, 2.24) is 58.2 Å². The summed E-state index contributed by atoms with van der Waals surface area (Å²) in [5.74, 6) is -10.1. The van der Waals surface area contributed by atoms with Crippen molar-refractivity contribution in [3.8, 4) is 5.75 Å². The number of nitrogens with one attached hydrogen (secondary N) is 10. The second kappa shape index (κ2) is 41.2. The lowest BCUT2D eigenvalue weighted by Gasteiger charge is -2.28. The number of carboxylic acids is 1. The summed E-state index contributed by atoms with van der Waals surface area (Å²) in [5, 5.41) is 56.5. The minimum Gasteiger partial charge on any atom is -0.508 e. The first kappa shape index (κ1) is 80.5. The number of aliphatic hydroxyl groups is 1. The normalized spacial score (nSPS) is 13.5. The summed E-state index contributed by atoms with van der Waals surface area (Å²) < 4.78 is 0. The number of aliphatic imine (C=N–C) groups is 1. The molecule has 0 aliphatic heterocycles. The summed E-state index contributed by atoms with van der Waals surface area (Å²) in [6.45, 7) is 6.11. The van der Waals surface area contributed by atoms with E-state index in [1.165, 1.54) is 50.5 Å². The van der Waals surface area contributed by atoms with Crippen molar-refractivity contribution < 1.29 is 72.9 Å². The fraction of sp³-hybridized carbons (Fsp3) is 0.403. The number of phenolic OH excluding ortho intramolecular Hbond substituents is 1. The average Bonchev–Trinajstić information content (AvgIpc) is 0.848. The molecule has 0 saturated heterocycles. The van der Waals surface area contributed by atoms with Crippen molar-refractivity contribution in [2.75, 3.05) is 19.7 Å². The summed E-state index contributed by atoms with van der Waals surface area (Å²) >= 11 is 6.21. The number of carbonyl (C=O) groups excluding carboxylic acids is 11. The number of rotatable bonds is 37. The number of aromatic hydroxyl groups is 1. The number of hydrogen-bond acceptors (Lipinski definition) is 16. The Morgan fingerprint density at radius 2 is 0.939 bits per heavy atom. The van der Waals surface area contributed by atoms with Gasteiger partial charge in [0.1, 0.15) is 60.1 Å². The van der Waals surface area contributed by atoms with E-state index >= 15 is 0 Å². The maximum Gasteiger partial charge on any atom is 0.312 e. The third-order valence-electron chi connectivity index (χ3n) is 14.9. The van der Waals surface area contributed by atoms with Gasteiger partial charge in [-0.25, -0.2) is 4.79 Å². The largest absolute Gasteiger partial charge is 0.508 e. The number of fused-ring (bicyclic) bond motifs is 1. The Labute approximate surface area is 576 Å². The van der Waals surface area contributed by atoms with Crippen LogP contribution < -0.4 is 76.1 Å². The van der Waals surface area contributed by atoms with E-state index in [1.54, 1.807) is 50.2 Å². The number of amides is 12. The van der Waals surface area contributed by atoms with Crippen LogP contribution in [0.25, 0.3) is 10.8 Å². The highest BCUT2D eigenvalue weighted by atomic mass is 35.5. The van der Waals surface area contributed by atoms with Gasteiger partial charge in [-0.1, -0.05) is 98.2 Å². The van der Waals surface area contributed by atoms with Crippen molar-refractivity contribution in [3.05, 3.63) is 143 Å². The Balaban J connectivity index is 0.00000506. The molecule has 0 unspecified atom stereocenters. The number of nitrogens with zero attached hydrogens (tertiary/aromatic N) is 2. The van der Waals surface area contributed by atoms with Gasteiger partial charge in [0.15, 0.2) is 5.96 Å². The number of urea groups is 1. The fourth-order valence-corrected chi connectivity index (χ4v) is 10.0. The van der Waals surface area contributed by atoms with Gasteiger partial charge in [0, 0.05) is 70.0 Å². The van der Waals surface area contributed by atoms with Gasteiger partial charge in [-0.15, -0.1) is 0 Å². The van der Waals surface area contributed by atoms with E-state index in [2.05, 4.69) is 63.1 Å². The number of aliphatic carboxylic acids is 1. The Bertz CT molecular complexity index is 3600. The zero-order valence-corrected chi connectivity index (χ0v) is 56.3. The maximum atomic E-state index is 14.7. The monoisotopic (exact) mass is 1390 g/mol. The number of hydrogen-bond donors (Lipinski definition) is 17. The van der Waals surface area contributed by atoms with Gasteiger partial charge in [-0.05, 0) is 108 Å². The Hall–Kier alpha value is -10.9. The molecule has 0 aliphatic rings. The third-order valence-corrected chi connectivity index (χ3v) is 15.1. The third kappa shape index (κ3) is 29.9. The summed E-state index contributed by atoms with van der Waals surface area (Å²) in [6, 6.07) is 14.6. The number of guanidine groups is 1. The summed E-state index contributed by atoms with van der Waals surface area (Å²) in [4.78, 5) is 168. The van der Waals surface area contributed by atoms with Crippen molar-refractivity contribution >= 4 is 99.4 Å². The molecule has 4 aromatic carbocycles. The van der Waals surface area contributed by atoms with E-state index in [1.807, 2.05) is 42.5 Å². The van der Waals surface area contributed by atoms with E-state index in [9.17, 15) is 63.0 Å². The number of primary amides is 2. The SMILES string of the molecule is CC(=O)N[C@H](Cc1ccc2ccccc2c1)C(=O)N[C@H](Cc1ccc(Cl)cc1)C(=O)N[C@H](Cc1cccnc1)C(=O)N[C@@H](CO)C(=O)N[C@@H](Cc1ccc(O)cc1)C(=O)N[C@H](CCCNC(N)=O)C(=O)N[C@@H](CC(C)C)C(=O)N[C@@H](CCCN=C(N)N)C(=O)N[C@H](C)C(N)=O.CC(=O)O. The number of phenols is 1. The number of carbonyl (C=O) groups is 12. The predicted octanol–water partition coefficient (Wildman–Crippen LogP) is -0.616. The molecule has 5 rings (SSSR count). The van der Waals surface area contributed by atoms with E-state index < -0.39 is 132 Å². The lowest BCUT2D eigenvalue weighted by molar-refractivity contribution is -0.136. The van der Waals surface area contributed by atoms with Gasteiger partial charge in [-0.2, -0.15) is 0 Å². The first-order chi connectivity index (χ1) is 46.9. The Morgan fingerprint density at radius 3 is 1.43 bits per heavy atom. The minimum absolute atomic E-state index is 0.00366. The van der Waals surface area contributed by atoms with Gasteiger partial charge in [0.2, 0.25) is 59.1 Å². The van der Waals surface area contributed by atoms with Crippen molar-refractivity contribution in [2.24, 2.45) is 33.8 Å². The molecule has 0 aliphatic carbocycles. The smallest absolute Gasteiger partial charge is 0.312 e. The first-order valence-electron chi connectivity index (χ1n) is 31.7. The molecule has 31 nitrogen and oxygen atoms in total. The number of benzene rings is 4. The molecule has 32 heteroatoms. The highest BCUT2D eigenvalue weighted by molar-refractivity contribution is 6.30. The van der Waals surface area contributed by atoms with Crippen LogP contribution in [0.4, 0.5) is 4.79 Å². The zero-order chi connectivity index (χ0) is 73.3. The van der Waals surface area contributed by atoms with E-state index in [0.29, 0.717) is 27.3 Å². The predicted molar refractivity (Wildman–Crippen MR) is 367 cm³/mol. The van der Waals surface area contributed by atoms with Crippen LogP contribution in [0.1, 0.15) is 89.0 Å². The van der Waals surface area contributed by atoms with Crippen LogP contribution in [0.2, 0.25) is 5.02 Å². The molecule has 21 N–H and O–H groups in total. The van der Waals surface area contributed by atoms with Crippen LogP contribution >= 0.6 is 11.6 Å². The van der Waals surface area contributed by atoms with E-state index in [0.717, 1.165) is 17.7 Å². The summed E-state index contributed by atoms with van der Waals surface area (Å²) in [5.41, 5.74) is 23.7. The molecular formula is C67H89ClN16O15. The average molecular weight is 1390 g/mol. The number of pyridine rings is 1. The number of halogens is 1. The van der Waals surface area contributed by atoms with Crippen LogP contribution in [-0.2, 0) is 78.4 Å². The van der Waals surface area contributed by atoms with Crippen molar-refractivity contribution in [3.63, 3.8) is 0 Å². The molecule has 0 saturated carbocycles. The fourth-order valence-electron chi connectivity index (χ4n) is 9.91. The molecule has 1 heterocycles. The van der Waals surface area contributed by atoms with Crippen LogP contribution in [0.15, 0.2) is 121 Å². The highest BCUT2D eigenvalue weighted by Crippen LogP contribution is 2.19. The topological polar surface area (TPSA) is 515 Å². The van der Waals surface area contributed by atoms with E-state index in [-0.39, 0.29) is 88.5 Å². The van der Waals surface area contributed by atoms with Gasteiger partial charge in [-0.3, -0.25) is 62.7 Å². The molecule has 99 heavy (non-hydrogen) atoms. The molecule has 0 radical (unpaired) electrons. The number of aromatic nitrogens is 1. The molecule has 12 amide bonds. The highest BCUT2D eigenvalue weighted by Gasteiger charge is 2.36. The second-order valence-corrected chi connectivity index (χ2v) is 24.1. The molecule has 0 spiro atoms. The Morgan fingerprint density at radius 1 is 0.505 bits per heavy atom. The number of nitrogens with two attached hydrogens (primary N) is 4. The summed E-state index contributed by atoms with van der Waals surface area (Å²) in [6.07, 6.45) is 2.17. The molecule has 5 aromatic rings. The Kier molecular flexibility index (Phi) is 33.5. The maximum absolute atomic E-state index is 14.7. The summed E-state index contributed by atoms with van der Waals surface area (Å²) in [7, 11) is 0. The van der Waals surface area contributed by atoms with E-state index in [4.69, 9.17) is 44.4 Å². The number of aliphatic hydroxyl groups excluding tert-OH is 1. The zero-order valence-electron chi connectivity index (χ0n) is 55.6. The van der Waals surface area contributed by atoms with Gasteiger partial charge in [0.05, 0.1) is 6.61 Å². The molecule has 0 bridgehead atoms. The van der Waals surface area contributed by atoms with Gasteiger partial charge in [0.25, 0.3) is 5.97 Å².